The summed E-state index contributed by atoms with van der Waals surface area (Å²) in [5.74, 6) is -8.83. The lowest BCUT2D eigenvalue weighted by molar-refractivity contribution is -0.151. The topological polar surface area (TPSA) is 157 Å². The molecule has 0 aliphatic heterocycles. The molecule has 0 heterocycles. The molecular weight excluding hydrogens is 372 g/mol. The first-order chi connectivity index (χ1) is 12.8. The summed E-state index contributed by atoms with van der Waals surface area (Å²) in [5, 5.41) is 9.62. The van der Waals surface area contributed by atoms with Crippen LogP contribution in [0.1, 0.15) is 40.5 Å². The molecule has 9 nitrogen and oxygen atoms in total. The van der Waals surface area contributed by atoms with Crippen LogP contribution in [0, 0.1) is 0 Å². The fourth-order valence-electron chi connectivity index (χ4n) is 1.94. The Morgan fingerprint density at radius 3 is 1.14 bits per heavy atom. The number of carbonyl (C=O) groups excluding carboxylic acids is 8. The largest absolute Gasteiger partial charge is 0.377 e. The number of allylic oxidation sites excluding steroid dienone is 4. The van der Waals surface area contributed by atoms with Gasteiger partial charge in [-0.3, -0.25) is 38.4 Å². The van der Waals surface area contributed by atoms with Gasteiger partial charge < -0.3 is 5.11 Å². The Morgan fingerprint density at radius 1 is 0.607 bits per heavy atom. The lowest BCUT2D eigenvalue weighted by atomic mass is 9.96. The summed E-state index contributed by atoms with van der Waals surface area (Å²) in [5.41, 5.74) is -0.187. The van der Waals surface area contributed by atoms with Crippen molar-refractivity contribution in [3.63, 3.8) is 0 Å². The summed E-state index contributed by atoms with van der Waals surface area (Å²) >= 11 is 0. The van der Waals surface area contributed by atoms with Gasteiger partial charge in [0.25, 0.3) is 0 Å². The van der Waals surface area contributed by atoms with Gasteiger partial charge in [0.2, 0.25) is 23.1 Å². The van der Waals surface area contributed by atoms with Gasteiger partial charge >= 0.3 is 0 Å². The third-order valence-electron chi connectivity index (χ3n) is 3.41. The number of aliphatic hydroxyl groups excluding tert-OH is 1. The Morgan fingerprint density at radius 2 is 0.893 bits per heavy atom. The molecular formula is C19H20O9. The summed E-state index contributed by atoms with van der Waals surface area (Å²) in [7, 11) is 0. The Bertz CT molecular complexity index is 756. The van der Waals surface area contributed by atoms with Crippen LogP contribution in [0.3, 0.4) is 0 Å². The van der Waals surface area contributed by atoms with Crippen molar-refractivity contribution in [2.24, 2.45) is 0 Å². The SMILES string of the molecule is CC(=O)C=C(C)C(=O)CC(=O)C(=O)C(O)C(=O)C(=O)CC(=O)C(C)=CC(C)=O. The van der Waals surface area contributed by atoms with Gasteiger partial charge in [0.05, 0.1) is 12.8 Å². The monoisotopic (exact) mass is 392 g/mol. The molecule has 28 heavy (non-hydrogen) atoms. The van der Waals surface area contributed by atoms with Gasteiger partial charge in [-0.1, -0.05) is 0 Å². The highest BCUT2D eigenvalue weighted by Gasteiger charge is 2.34. The van der Waals surface area contributed by atoms with Crippen molar-refractivity contribution in [2.45, 2.75) is 46.6 Å². The average Bonchev–Trinajstić information content (AvgIpc) is 2.58. The van der Waals surface area contributed by atoms with Crippen LogP contribution in [0.25, 0.3) is 0 Å². The standard InChI is InChI=1S/C19H20O9/c1-9(5-11(3)20)13(22)7-15(24)17(26)19(28)18(27)16(25)8-14(23)10(2)6-12(4)21/h5-6,19,28H,7-8H2,1-4H3. The maximum Gasteiger partial charge on any atom is 0.235 e. The molecule has 0 bridgehead atoms. The highest BCUT2D eigenvalue weighted by atomic mass is 16.3. The van der Waals surface area contributed by atoms with E-state index in [-0.39, 0.29) is 11.1 Å². The molecule has 0 aromatic rings. The minimum absolute atomic E-state index is 0.0936. The Balaban J connectivity index is 5.04. The van der Waals surface area contributed by atoms with Crippen LogP contribution >= 0.6 is 0 Å². The van der Waals surface area contributed by atoms with Gasteiger partial charge in [-0.25, -0.2) is 0 Å². The molecule has 0 saturated carbocycles. The van der Waals surface area contributed by atoms with Crippen molar-refractivity contribution < 1.29 is 43.5 Å². The molecule has 0 aliphatic rings. The quantitative estimate of drug-likeness (QED) is 0.265. The van der Waals surface area contributed by atoms with E-state index in [1.165, 1.54) is 27.7 Å². The van der Waals surface area contributed by atoms with Crippen LogP contribution in [0.5, 0.6) is 0 Å². The maximum atomic E-state index is 11.8. The van der Waals surface area contributed by atoms with Gasteiger partial charge in [-0.2, -0.15) is 0 Å². The number of hydrogen-bond donors (Lipinski definition) is 1. The number of aliphatic hydroxyl groups is 1. The molecule has 0 amide bonds. The summed E-state index contributed by atoms with van der Waals surface area (Å²) < 4.78 is 0. The van der Waals surface area contributed by atoms with Gasteiger partial charge in [-0.15, -0.1) is 0 Å². The van der Waals surface area contributed by atoms with E-state index in [4.69, 9.17) is 0 Å². The van der Waals surface area contributed by atoms with Gasteiger partial charge in [-0.05, 0) is 51.0 Å². The van der Waals surface area contributed by atoms with Gasteiger partial charge in [0.1, 0.15) is 0 Å². The average molecular weight is 392 g/mol. The molecule has 9 heteroatoms. The van der Waals surface area contributed by atoms with E-state index in [0.29, 0.717) is 0 Å². The number of Topliss-reactive ketones (excluding diaryl/α,β-unsaturated/α-hetero) is 6. The summed E-state index contributed by atoms with van der Waals surface area (Å²) in [6.45, 7) is 4.84. The summed E-state index contributed by atoms with van der Waals surface area (Å²) in [6.07, 6.45) is -2.73. The molecule has 0 radical (unpaired) electrons. The first-order valence-electron chi connectivity index (χ1n) is 8.04. The number of rotatable bonds is 12. The van der Waals surface area contributed by atoms with E-state index in [9.17, 15) is 43.5 Å². The molecule has 0 aromatic carbocycles. The summed E-state index contributed by atoms with van der Waals surface area (Å²) in [6, 6.07) is 0. The van der Waals surface area contributed by atoms with Crippen molar-refractivity contribution >= 4 is 46.3 Å². The normalized spacial score (nSPS) is 12.8. The number of hydrogen-bond acceptors (Lipinski definition) is 9. The molecule has 150 valence electrons. The van der Waals surface area contributed by atoms with E-state index in [1.54, 1.807) is 0 Å². The van der Waals surface area contributed by atoms with Gasteiger partial charge in [0.15, 0.2) is 29.2 Å². The second-order valence-electron chi connectivity index (χ2n) is 6.05. The zero-order valence-electron chi connectivity index (χ0n) is 15.9. The van der Waals surface area contributed by atoms with Crippen LogP contribution in [0.4, 0.5) is 0 Å². The molecule has 1 N–H and O–H groups in total. The highest BCUT2D eigenvalue weighted by molar-refractivity contribution is 6.54. The molecule has 0 rings (SSSR count). The molecule has 0 unspecified atom stereocenters. The first kappa shape index (κ1) is 24.8. The van der Waals surface area contributed by atoms with Crippen LogP contribution in [0.15, 0.2) is 23.3 Å². The van der Waals surface area contributed by atoms with Crippen molar-refractivity contribution in [3.05, 3.63) is 23.3 Å². The predicted octanol–water partition coefficient (Wildman–Crippen LogP) is -0.387. The molecule has 0 saturated heterocycles. The third kappa shape index (κ3) is 8.00. The lowest BCUT2D eigenvalue weighted by Crippen LogP contribution is -2.40. The second kappa shape index (κ2) is 10.8. The van der Waals surface area contributed by atoms with Crippen LogP contribution in [-0.4, -0.2) is 57.5 Å². The van der Waals surface area contributed by atoms with Crippen LogP contribution in [0.2, 0.25) is 0 Å². The minimum atomic E-state index is -2.64. The van der Waals surface area contributed by atoms with E-state index in [2.05, 4.69) is 0 Å². The zero-order valence-corrected chi connectivity index (χ0v) is 15.9. The Hall–Kier alpha value is -3.20. The first-order valence-corrected chi connectivity index (χ1v) is 8.04. The van der Waals surface area contributed by atoms with Crippen molar-refractivity contribution in [3.8, 4) is 0 Å². The van der Waals surface area contributed by atoms with Crippen LogP contribution in [-0.2, 0) is 38.4 Å². The van der Waals surface area contributed by atoms with Crippen molar-refractivity contribution in [2.75, 3.05) is 0 Å². The maximum absolute atomic E-state index is 11.8. The minimum Gasteiger partial charge on any atom is -0.377 e. The van der Waals surface area contributed by atoms with Gasteiger partial charge in [0, 0.05) is 0 Å². The van der Waals surface area contributed by atoms with E-state index in [1.807, 2.05) is 0 Å². The van der Waals surface area contributed by atoms with E-state index < -0.39 is 65.2 Å². The lowest BCUT2D eigenvalue weighted by Gasteiger charge is -2.07. The van der Waals surface area contributed by atoms with Crippen LogP contribution < -0.4 is 0 Å². The predicted molar refractivity (Wildman–Crippen MR) is 94.2 cm³/mol. The fourth-order valence-corrected chi connectivity index (χ4v) is 1.94. The fraction of sp³-hybridized carbons (Fsp3) is 0.368. The van der Waals surface area contributed by atoms with E-state index >= 15 is 0 Å². The number of carbonyl (C=O) groups is 8. The molecule has 0 spiro atoms. The van der Waals surface area contributed by atoms with Crippen molar-refractivity contribution in [1.82, 2.24) is 0 Å². The molecule has 0 fully saturated rings. The zero-order chi connectivity index (χ0) is 22.2. The molecule has 0 aromatic heterocycles. The highest BCUT2D eigenvalue weighted by Crippen LogP contribution is 2.06. The summed E-state index contributed by atoms with van der Waals surface area (Å²) in [4.78, 5) is 92.3. The third-order valence-corrected chi connectivity index (χ3v) is 3.41. The Kier molecular flexibility index (Phi) is 9.59. The second-order valence-corrected chi connectivity index (χ2v) is 6.05. The smallest absolute Gasteiger partial charge is 0.235 e. The number of ketones is 8. The molecule has 0 aliphatic carbocycles. The van der Waals surface area contributed by atoms with Crippen molar-refractivity contribution in [1.29, 1.82) is 0 Å². The Labute approximate surface area is 160 Å². The molecule has 0 atom stereocenters. The van der Waals surface area contributed by atoms with E-state index in [0.717, 1.165) is 12.2 Å².